The highest BCUT2D eigenvalue weighted by atomic mass is 32.1. The molecular formula is C12H13N3S. The van der Waals surface area contributed by atoms with Crippen molar-refractivity contribution in [2.75, 3.05) is 0 Å². The number of nitrogens with zero attached hydrogens (tertiary/aromatic N) is 2. The molecule has 0 amide bonds. The lowest BCUT2D eigenvalue weighted by molar-refractivity contribution is 1.31. The third-order valence-corrected chi connectivity index (χ3v) is 1.92. The van der Waals surface area contributed by atoms with E-state index in [4.69, 9.17) is 0 Å². The number of hydrogen-bond acceptors (Lipinski definition) is 2. The van der Waals surface area contributed by atoms with Crippen molar-refractivity contribution in [1.82, 2.24) is 15.0 Å². The van der Waals surface area contributed by atoms with Gasteiger partial charge in [0.25, 0.3) is 0 Å². The SMILES string of the molecule is S.c1c[nH]cn1.c1ccc2ncccc2c1. The molecule has 2 aromatic heterocycles. The van der Waals surface area contributed by atoms with Gasteiger partial charge in [-0.2, -0.15) is 13.5 Å². The normalized spacial score (nSPS) is 8.75. The topological polar surface area (TPSA) is 41.6 Å². The number of pyridine rings is 1. The van der Waals surface area contributed by atoms with E-state index in [1.54, 1.807) is 18.7 Å². The number of rotatable bonds is 0. The van der Waals surface area contributed by atoms with Crippen LogP contribution in [0, 0.1) is 0 Å². The number of nitrogens with one attached hydrogen (secondary N) is 1. The summed E-state index contributed by atoms with van der Waals surface area (Å²) in [6.45, 7) is 0. The fourth-order valence-electron chi connectivity index (χ4n) is 1.23. The summed E-state index contributed by atoms with van der Waals surface area (Å²) >= 11 is 0. The second-order valence-corrected chi connectivity index (χ2v) is 2.96. The fraction of sp³-hybridized carbons (Fsp3) is 0. The number of aromatic nitrogens is 3. The maximum absolute atomic E-state index is 4.18. The molecule has 2 heterocycles. The molecule has 0 radical (unpaired) electrons. The molecule has 0 aliphatic heterocycles. The molecule has 0 aliphatic carbocycles. The fourth-order valence-corrected chi connectivity index (χ4v) is 1.23. The molecule has 0 atom stereocenters. The summed E-state index contributed by atoms with van der Waals surface area (Å²) in [6.07, 6.45) is 6.89. The van der Waals surface area contributed by atoms with E-state index < -0.39 is 0 Å². The smallest absolute Gasteiger partial charge is 0.0919 e. The molecule has 0 spiro atoms. The summed E-state index contributed by atoms with van der Waals surface area (Å²) in [7, 11) is 0. The maximum atomic E-state index is 4.18. The summed E-state index contributed by atoms with van der Waals surface area (Å²) in [5.41, 5.74) is 1.06. The minimum Gasteiger partial charge on any atom is -0.351 e. The highest BCUT2D eigenvalue weighted by Gasteiger charge is 1.86. The number of hydrogen-bond donors (Lipinski definition) is 1. The van der Waals surface area contributed by atoms with Gasteiger partial charge >= 0.3 is 0 Å². The Hall–Kier alpha value is -1.81. The lowest BCUT2D eigenvalue weighted by Gasteiger charge is -1.91. The summed E-state index contributed by atoms with van der Waals surface area (Å²) < 4.78 is 0. The van der Waals surface area contributed by atoms with Gasteiger partial charge in [-0.25, -0.2) is 4.98 Å². The molecule has 1 aromatic carbocycles. The highest BCUT2D eigenvalue weighted by Crippen LogP contribution is 2.07. The molecule has 82 valence electrons. The van der Waals surface area contributed by atoms with E-state index in [1.165, 1.54) is 5.39 Å². The van der Waals surface area contributed by atoms with Crippen molar-refractivity contribution in [1.29, 1.82) is 0 Å². The molecule has 3 nitrogen and oxygen atoms in total. The Morgan fingerprint density at radius 1 is 0.938 bits per heavy atom. The van der Waals surface area contributed by atoms with Gasteiger partial charge in [0, 0.05) is 24.0 Å². The lowest BCUT2D eigenvalue weighted by Crippen LogP contribution is -1.73. The Labute approximate surface area is 101 Å². The Morgan fingerprint density at radius 3 is 2.38 bits per heavy atom. The van der Waals surface area contributed by atoms with E-state index >= 15 is 0 Å². The first-order chi connectivity index (χ1) is 7.47. The first-order valence-corrected chi connectivity index (χ1v) is 4.69. The van der Waals surface area contributed by atoms with Crippen LogP contribution in [0.25, 0.3) is 10.9 Å². The first kappa shape index (κ1) is 12.3. The first-order valence-electron chi connectivity index (χ1n) is 4.69. The van der Waals surface area contributed by atoms with E-state index in [1.807, 2.05) is 30.5 Å². The van der Waals surface area contributed by atoms with Gasteiger partial charge in [0.1, 0.15) is 0 Å². The highest BCUT2D eigenvalue weighted by molar-refractivity contribution is 7.59. The van der Waals surface area contributed by atoms with E-state index in [0.717, 1.165) is 5.52 Å². The molecule has 16 heavy (non-hydrogen) atoms. The van der Waals surface area contributed by atoms with Crippen LogP contribution in [0.3, 0.4) is 0 Å². The molecule has 1 N–H and O–H groups in total. The molecule has 3 rings (SSSR count). The Morgan fingerprint density at radius 2 is 1.75 bits per heavy atom. The predicted octanol–water partition coefficient (Wildman–Crippen LogP) is 2.76. The second-order valence-electron chi connectivity index (χ2n) is 2.96. The standard InChI is InChI=1S/C9H7N.C3H4N2.H2S/c1-2-6-9-8(4-1)5-3-7-10-9;1-2-5-3-4-1;/h1-7H;1-3H,(H,4,5);1H2. The van der Waals surface area contributed by atoms with Crippen LogP contribution in [0.4, 0.5) is 0 Å². The molecule has 0 saturated heterocycles. The zero-order chi connectivity index (χ0) is 10.3. The van der Waals surface area contributed by atoms with E-state index in [9.17, 15) is 0 Å². The maximum Gasteiger partial charge on any atom is 0.0919 e. The summed E-state index contributed by atoms with van der Waals surface area (Å²) in [6, 6.07) is 12.1. The monoisotopic (exact) mass is 231 g/mol. The quantitative estimate of drug-likeness (QED) is 0.646. The van der Waals surface area contributed by atoms with Crippen LogP contribution in [0.2, 0.25) is 0 Å². The van der Waals surface area contributed by atoms with Crippen molar-refractivity contribution in [3.63, 3.8) is 0 Å². The van der Waals surface area contributed by atoms with Crippen molar-refractivity contribution < 1.29 is 0 Å². The van der Waals surface area contributed by atoms with Crippen LogP contribution in [-0.4, -0.2) is 15.0 Å². The van der Waals surface area contributed by atoms with Gasteiger partial charge in [-0.05, 0) is 12.1 Å². The third kappa shape index (κ3) is 3.40. The minimum absolute atomic E-state index is 0. The zero-order valence-electron chi connectivity index (χ0n) is 8.67. The van der Waals surface area contributed by atoms with Gasteiger partial charge in [0.15, 0.2) is 0 Å². The molecule has 4 heteroatoms. The average Bonchev–Trinajstić information content (AvgIpc) is 2.88. The van der Waals surface area contributed by atoms with Gasteiger partial charge in [0.2, 0.25) is 0 Å². The van der Waals surface area contributed by atoms with Crippen molar-refractivity contribution in [3.05, 3.63) is 61.3 Å². The predicted molar refractivity (Wildman–Crippen MR) is 70.7 cm³/mol. The van der Waals surface area contributed by atoms with Gasteiger partial charge in [-0.1, -0.05) is 24.3 Å². The number of imidazole rings is 1. The zero-order valence-corrected chi connectivity index (χ0v) is 9.67. The Kier molecular flexibility index (Phi) is 5.08. The number of para-hydroxylation sites is 1. The summed E-state index contributed by atoms with van der Waals surface area (Å²) in [5, 5.41) is 1.20. The van der Waals surface area contributed by atoms with E-state index in [2.05, 4.69) is 27.1 Å². The van der Waals surface area contributed by atoms with E-state index in [0.29, 0.717) is 0 Å². The summed E-state index contributed by atoms with van der Waals surface area (Å²) in [5.74, 6) is 0. The van der Waals surface area contributed by atoms with Crippen molar-refractivity contribution in [2.45, 2.75) is 0 Å². The van der Waals surface area contributed by atoms with Crippen LogP contribution in [0.15, 0.2) is 61.3 Å². The van der Waals surface area contributed by atoms with Crippen molar-refractivity contribution in [2.24, 2.45) is 0 Å². The van der Waals surface area contributed by atoms with Crippen LogP contribution >= 0.6 is 13.5 Å². The minimum atomic E-state index is 0. The Bertz CT molecular complexity index is 426. The molecule has 0 saturated carbocycles. The molecule has 0 fully saturated rings. The Balaban J connectivity index is 0.000000183. The van der Waals surface area contributed by atoms with Gasteiger partial charge in [-0.3, -0.25) is 4.98 Å². The van der Waals surface area contributed by atoms with E-state index in [-0.39, 0.29) is 13.5 Å². The second kappa shape index (κ2) is 6.63. The molecular weight excluding hydrogens is 218 g/mol. The number of H-pyrrole nitrogens is 1. The van der Waals surface area contributed by atoms with Crippen LogP contribution in [0.5, 0.6) is 0 Å². The van der Waals surface area contributed by atoms with Crippen LogP contribution in [-0.2, 0) is 0 Å². The van der Waals surface area contributed by atoms with Gasteiger partial charge in [0.05, 0.1) is 11.8 Å². The molecule has 0 bridgehead atoms. The largest absolute Gasteiger partial charge is 0.351 e. The molecule has 0 aliphatic rings. The number of benzene rings is 1. The number of fused-ring (bicyclic) bond motifs is 1. The van der Waals surface area contributed by atoms with Crippen molar-refractivity contribution in [3.8, 4) is 0 Å². The van der Waals surface area contributed by atoms with Crippen molar-refractivity contribution >= 4 is 24.4 Å². The van der Waals surface area contributed by atoms with Crippen LogP contribution in [0.1, 0.15) is 0 Å². The summed E-state index contributed by atoms with van der Waals surface area (Å²) in [4.78, 5) is 10.6. The van der Waals surface area contributed by atoms with Gasteiger partial charge < -0.3 is 4.98 Å². The average molecular weight is 231 g/mol. The third-order valence-electron chi connectivity index (χ3n) is 1.92. The van der Waals surface area contributed by atoms with Gasteiger partial charge in [-0.15, -0.1) is 0 Å². The molecule has 0 unspecified atom stereocenters. The van der Waals surface area contributed by atoms with Crippen LogP contribution < -0.4 is 0 Å². The lowest BCUT2D eigenvalue weighted by atomic mass is 10.2. The molecule has 3 aromatic rings. The number of aromatic amines is 1.